The highest BCUT2D eigenvalue weighted by Gasteiger charge is 2.27. The molecule has 1 heterocycles. The Morgan fingerprint density at radius 2 is 1.96 bits per heavy atom. The van der Waals surface area contributed by atoms with Crippen molar-refractivity contribution in [3.8, 4) is 0 Å². The summed E-state index contributed by atoms with van der Waals surface area (Å²) in [6.45, 7) is 15.6. The van der Waals surface area contributed by atoms with Gasteiger partial charge >= 0.3 is 6.09 Å². The fourth-order valence-corrected chi connectivity index (χ4v) is 2.74. The van der Waals surface area contributed by atoms with Crippen LogP contribution in [-0.2, 0) is 4.74 Å². The average molecular weight is 469 g/mol. The Bertz CT molecular complexity index is 422. The number of rotatable bonds is 6. The van der Waals surface area contributed by atoms with E-state index in [4.69, 9.17) is 4.74 Å². The molecule has 0 aliphatic carbocycles. The second kappa shape index (κ2) is 11.8. The normalized spacial score (nSPS) is 18.1. The van der Waals surface area contributed by atoms with E-state index in [-0.39, 0.29) is 36.1 Å². The Labute approximate surface area is 170 Å². The molecule has 1 aliphatic rings. The van der Waals surface area contributed by atoms with E-state index in [1.165, 1.54) is 0 Å². The van der Waals surface area contributed by atoms with Gasteiger partial charge in [-0.05, 0) is 40.3 Å². The zero-order valence-electron chi connectivity index (χ0n) is 16.6. The van der Waals surface area contributed by atoms with Crippen LogP contribution >= 0.6 is 24.0 Å². The van der Waals surface area contributed by atoms with E-state index >= 15 is 0 Å². The monoisotopic (exact) mass is 469 g/mol. The van der Waals surface area contributed by atoms with Crippen LogP contribution in [0.4, 0.5) is 4.79 Å². The van der Waals surface area contributed by atoms with Crippen LogP contribution in [-0.4, -0.2) is 79.8 Å². The number of carbonyl (C=O) groups is 1. The Kier molecular flexibility index (Phi) is 11.4. The molecule has 8 heteroatoms. The van der Waals surface area contributed by atoms with Crippen LogP contribution in [0.5, 0.6) is 0 Å². The third-order valence-corrected chi connectivity index (χ3v) is 4.03. The summed E-state index contributed by atoms with van der Waals surface area (Å²) in [7, 11) is 1.80. The summed E-state index contributed by atoms with van der Waals surface area (Å²) in [6.07, 6.45) is 0.550. The Morgan fingerprint density at radius 1 is 1.32 bits per heavy atom. The van der Waals surface area contributed by atoms with Crippen molar-refractivity contribution in [1.82, 2.24) is 20.4 Å². The summed E-state index contributed by atoms with van der Waals surface area (Å²) in [4.78, 5) is 20.8. The standard InChI is InChI=1S/C17H35N5O2.HI/c1-7-21(8-2)12-10-19-15(18-6)22-11-9-14(13-22)20-16(23)24-17(3,4)5;/h14H,7-13H2,1-6H3,(H,18,19)(H,20,23);1H. The van der Waals surface area contributed by atoms with Gasteiger partial charge in [0.05, 0.1) is 6.04 Å². The van der Waals surface area contributed by atoms with Crippen LogP contribution in [0.15, 0.2) is 4.99 Å². The van der Waals surface area contributed by atoms with Gasteiger partial charge in [-0.2, -0.15) is 0 Å². The molecule has 0 bridgehead atoms. The maximum atomic E-state index is 11.9. The van der Waals surface area contributed by atoms with Crippen molar-refractivity contribution in [3.05, 3.63) is 0 Å². The molecule has 25 heavy (non-hydrogen) atoms. The summed E-state index contributed by atoms with van der Waals surface area (Å²) in [6, 6.07) is 0.0983. The molecule has 1 atom stereocenters. The molecule has 1 saturated heterocycles. The van der Waals surface area contributed by atoms with E-state index in [0.29, 0.717) is 0 Å². The molecule has 7 nitrogen and oxygen atoms in total. The van der Waals surface area contributed by atoms with E-state index in [9.17, 15) is 4.79 Å². The number of carbonyl (C=O) groups excluding carboxylic acids is 1. The summed E-state index contributed by atoms with van der Waals surface area (Å²) in [5.41, 5.74) is -0.468. The third kappa shape index (κ3) is 9.48. The lowest BCUT2D eigenvalue weighted by Crippen LogP contribution is -2.45. The number of nitrogens with one attached hydrogen (secondary N) is 2. The number of hydrogen-bond donors (Lipinski definition) is 2. The first kappa shape index (κ1) is 24.2. The molecule has 0 spiro atoms. The molecule has 0 aromatic carbocycles. The second-order valence-electron chi connectivity index (χ2n) is 7.08. The third-order valence-electron chi connectivity index (χ3n) is 4.03. The number of aliphatic imine (C=N–C) groups is 1. The first-order chi connectivity index (χ1) is 11.3. The Morgan fingerprint density at radius 3 is 2.48 bits per heavy atom. The maximum absolute atomic E-state index is 11.9. The zero-order chi connectivity index (χ0) is 18.2. The topological polar surface area (TPSA) is 69.2 Å². The molecule has 2 N–H and O–H groups in total. The average Bonchev–Trinajstić information content (AvgIpc) is 2.93. The van der Waals surface area contributed by atoms with Crippen LogP contribution in [0.3, 0.4) is 0 Å². The lowest BCUT2D eigenvalue weighted by atomic mass is 10.2. The largest absolute Gasteiger partial charge is 0.444 e. The molecular weight excluding hydrogens is 433 g/mol. The molecule has 1 aliphatic heterocycles. The van der Waals surface area contributed by atoms with Gasteiger partial charge in [-0.3, -0.25) is 4.99 Å². The molecule has 148 valence electrons. The molecule has 1 fully saturated rings. The number of hydrogen-bond acceptors (Lipinski definition) is 4. The molecule has 0 aromatic rings. The molecule has 1 unspecified atom stereocenters. The van der Waals surface area contributed by atoms with Gasteiger partial charge in [0.2, 0.25) is 0 Å². The predicted octanol–water partition coefficient (Wildman–Crippen LogP) is 2.12. The molecule has 1 rings (SSSR count). The lowest BCUT2D eigenvalue weighted by molar-refractivity contribution is 0.0507. The predicted molar refractivity (Wildman–Crippen MR) is 114 cm³/mol. The van der Waals surface area contributed by atoms with Crippen molar-refractivity contribution in [3.63, 3.8) is 0 Å². The van der Waals surface area contributed by atoms with Crippen LogP contribution < -0.4 is 10.6 Å². The smallest absolute Gasteiger partial charge is 0.407 e. The molecule has 1 amide bonds. The van der Waals surface area contributed by atoms with Crippen molar-refractivity contribution in [2.45, 2.75) is 52.7 Å². The number of likely N-dealkylation sites (N-methyl/N-ethyl adjacent to an activating group) is 1. The maximum Gasteiger partial charge on any atom is 0.407 e. The van der Waals surface area contributed by atoms with Crippen LogP contribution in [0.2, 0.25) is 0 Å². The van der Waals surface area contributed by atoms with Crippen molar-refractivity contribution in [2.24, 2.45) is 4.99 Å². The lowest BCUT2D eigenvalue weighted by Gasteiger charge is -2.24. The molecule has 0 aromatic heterocycles. The van der Waals surface area contributed by atoms with E-state index in [1.807, 2.05) is 20.8 Å². The van der Waals surface area contributed by atoms with Gasteiger partial charge in [0.15, 0.2) is 5.96 Å². The number of likely N-dealkylation sites (tertiary alicyclic amines) is 1. The van der Waals surface area contributed by atoms with Gasteiger partial charge in [-0.15, -0.1) is 24.0 Å². The van der Waals surface area contributed by atoms with Crippen LogP contribution in [0.25, 0.3) is 0 Å². The van der Waals surface area contributed by atoms with Crippen molar-refractivity contribution < 1.29 is 9.53 Å². The quantitative estimate of drug-likeness (QED) is 0.355. The highest BCUT2D eigenvalue weighted by Crippen LogP contribution is 2.11. The van der Waals surface area contributed by atoms with Gasteiger partial charge in [0.25, 0.3) is 0 Å². The van der Waals surface area contributed by atoms with Gasteiger partial charge in [0, 0.05) is 33.2 Å². The number of ether oxygens (including phenoxy) is 1. The summed E-state index contributed by atoms with van der Waals surface area (Å²) < 4.78 is 5.32. The van der Waals surface area contributed by atoms with Crippen molar-refractivity contribution in [1.29, 1.82) is 0 Å². The number of guanidine groups is 1. The van der Waals surface area contributed by atoms with E-state index in [1.54, 1.807) is 7.05 Å². The number of alkyl carbamates (subject to hydrolysis) is 1. The minimum Gasteiger partial charge on any atom is -0.444 e. The van der Waals surface area contributed by atoms with Crippen LogP contribution in [0, 0.1) is 0 Å². The summed E-state index contributed by atoms with van der Waals surface area (Å²) in [5.74, 6) is 0.899. The Balaban J connectivity index is 0.00000576. The first-order valence-electron chi connectivity index (χ1n) is 8.96. The minimum absolute atomic E-state index is 0. The Hall–Kier alpha value is -0.770. The van der Waals surface area contributed by atoms with E-state index in [2.05, 4.69) is 39.3 Å². The number of halogens is 1. The highest BCUT2D eigenvalue weighted by molar-refractivity contribution is 14.0. The fraction of sp³-hybridized carbons (Fsp3) is 0.882. The van der Waals surface area contributed by atoms with Crippen molar-refractivity contribution >= 4 is 36.0 Å². The zero-order valence-corrected chi connectivity index (χ0v) is 18.9. The van der Waals surface area contributed by atoms with Gasteiger partial charge < -0.3 is 25.2 Å². The number of amides is 1. The SMILES string of the molecule is CCN(CC)CCNC(=NC)N1CCC(NC(=O)OC(C)(C)C)C1.I. The van der Waals surface area contributed by atoms with Crippen molar-refractivity contribution in [2.75, 3.05) is 46.3 Å². The van der Waals surface area contributed by atoms with E-state index in [0.717, 1.165) is 51.6 Å². The van der Waals surface area contributed by atoms with Crippen LogP contribution in [0.1, 0.15) is 41.0 Å². The molecular formula is C17H36IN5O2. The van der Waals surface area contributed by atoms with Gasteiger partial charge in [0.1, 0.15) is 5.60 Å². The highest BCUT2D eigenvalue weighted by atomic mass is 127. The second-order valence-corrected chi connectivity index (χ2v) is 7.08. The molecule has 0 radical (unpaired) electrons. The number of nitrogens with zero attached hydrogens (tertiary/aromatic N) is 3. The summed E-state index contributed by atoms with van der Waals surface area (Å²) in [5, 5.41) is 6.36. The fourth-order valence-electron chi connectivity index (χ4n) is 2.74. The molecule has 0 saturated carbocycles. The van der Waals surface area contributed by atoms with Gasteiger partial charge in [-0.25, -0.2) is 4.79 Å². The minimum atomic E-state index is -0.468. The van der Waals surface area contributed by atoms with E-state index < -0.39 is 5.60 Å². The van der Waals surface area contributed by atoms with Gasteiger partial charge in [-0.1, -0.05) is 13.8 Å². The first-order valence-corrected chi connectivity index (χ1v) is 8.96. The summed E-state index contributed by atoms with van der Waals surface area (Å²) >= 11 is 0.